The molecule has 0 fully saturated rings. The number of sulfonamides is 1. The number of nitrogens with zero attached hydrogens (tertiary/aromatic N) is 1. The van der Waals surface area contributed by atoms with E-state index in [2.05, 4.69) is 4.72 Å². The molecule has 4 aromatic carbocycles. The van der Waals surface area contributed by atoms with E-state index in [4.69, 9.17) is 4.74 Å². The fraction of sp³-hybridized carbons (Fsp3) is 0.120. The number of nitrogens with one attached hydrogen (secondary N) is 1. The molecule has 158 valence electrons. The van der Waals surface area contributed by atoms with Gasteiger partial charge in [-0.05, 0) is 42.0 Å². The van der Waals surface area contributed by atoms with Crippen LogP contribution in [0.3, 0.4) is 0 Å². The Labute approximate surface area is 183 Å². The summed E-state index contributed by atoms with van der Waals surface area (Å²) in [7, 11) is 0.120. The highest BCUT2D eigenvalue weighted by Crippen LogP contribution is 2.31. The highest BCUT2D eigenvalue weighted by Gasteiger charge is 2.18. The van der Waals surface area contributed by atoms with E-state index >= 15 is 0 Å². The van der Waals surface area contributed by atoms with Crippen LogP contribution in [0.5, 0.6) is 5.75 Å². The molecule has 0 saturated carbocycles. The standard InChI is InChI=1S/C25H24N2O3S/c1-27(2)24-12-6-11-23-22(24)10-7-13-25(23)31(28,29)26-20-14-16-21(17-15-20)30-18-19-8-4-3-5-9-19/h3-17,26H,18H2,1-2H3. The minimum absolute atomic E-state index is 0.248. The minimum Gasteiger partial charge on any atom is -0.489 e. The zero-order chi connectivity index (χ0) is 21.8. The van der Waals surface area contributed by atoms with Crippen LogP contribution >= 0.6 is 0 Å². The maximum Gasteiger partial charge on any atom is 0.262 e. The van der Waals surface area contributed by atoms with Crippen molar-refractivity contribution in [2.45, 2.75) is 11.5 Å². The Balaban J connectivity index is 1.55. The lowest BCUT2D eigenvalue weighted by atomic mass is 10.1. The molecular weight excluding hydrogens is 408 g/mol. The van der Waals surface area contributed by atoms with Gasteiger partial charge in [0, 0.05) is 36.2 Å². The molecule has 5 nitrogen and oxygen atoms in total. The Morgan fingerprint density at radius 2 is 1.45 bits per heavy atom. The average Bonchev–Trinajstić information content (AvgIpc) is 2.78. The molecule has 0 aliphatic carbocycles. The van der Waals surface area contributed by atoms with Gasteiger partial charge in [-0.15, -0.1) is 0 Å². The fourth-order valence-electron chi connectivity index (χ4n) is 3.46. The third kappa shape index (κ3) is 4.64. The summed E-state index contributed by atoms with van der Waals surface area (Å²) in [5.41, 5.74) is 2.52. The van der Waals surface area contributed by atoms with Crippen molar-refractivity contribution >= 4 is 32.2 Å². The topological polar surface area (TPSA) is 58.6 Å². The van der Waals surface area contributed by atoms with Gasteiger partial charge >= 0.3 is 0 Å². The Bertz CT molecular complexity index is 1290. The zero-order valence-electron chi connectivity index (χ0n) is 17.4. The lowest BCUT2D eigenvalue weighted by Gasteiger charge is -2.17. The van der Waals surface area contributed by atoms with Gasteiger partial charge in [0.25, 0.3) is 10.0 Å². The van der Waals surface area contributed by atoms with Crippen LogP contribution in [-0.4, -0.2) is 22.5 Å². The lowest BCUT2D eigenvalue weighted by molar-refractivity contribution is 0.306. The zero-order valence-corrected chi connectivity index (χ0v) is 18.3. The normalized spacial score (nSPS) is 11.3. The summed E-state index contributed by atoms with van der Waals surface area (Å²) in [5.74, 6) is 0.674. The molecular formula is C25H24N2O3S. The molecule has 0 amide bonds. The van der Waals surface area contributed by atoms with Crippen LogP contribution in [0.2, 0.25) is 0 Å². The van der Waals surface area contributed by atoms with Crippen molar-refractivity contribution < 1.29 is 13.2 Å². The number of hydrogen-bond donors (Lipinski definition) is 1. The van der Waals surface area contributed by atoms with Crippen LogP contribution in [0.1, 0.15) is 5.56 Å². The van der Waals surface area contributed by atoms with Crippen molar-refractivity contribution in [1.82, 2.24) is 0 Å². The number of rotatable bonds is 7. The van der Waals surface area contributed by atoms with E-state index < -0.39 is 10.0 Å². The van der Waals surface area contributed by atoms with Crippen LogP contribution in [-0.2, 0) is 16.6 Å². The summed E-state index contributed by atoms with van der Waals surface area (Å²) in [6, 6.07) is 27.8. The molecule has 4 aromatic rings. The molecule has 0 aliphatic rings. The molecule has 1 N–H and O–H groups in total. The SMILES string of the molecule is CN(C)c1cccc2c(S(=O)(=O)Nc3ccc(OCc4ccccc4)cc3)cccc12. The molecule has 0 spiro atoms. The molecule has 4 rings (SSSR count). The van der Waals surface area contributed by atoms with E-state index in [9.17, 15) is 8.42 Å². The molecule has 0 atom stereocenters. The fourth-order valence-corrected chi connectivity index (χ4v) is 4.74. The number of ether oxygens (including phenoxy) is 1. The minimum atomic E-state index is -3.76. The van der Waals surface area contributed by atoms with Gasteiger partial charge in [0.05, 0.1) is 4.90 Å². The molecule has 31 heavy (non-hydrogen) atoms. The highest BCUT2D eigenvalue weighted by atomic mass is 32.2. The first kappa shape index (κ1) is 20.8. The van der Waals surface area contributed by atoms with Crippen molar-refractivity contribution in [3.8, 4) is 5.75 Å². The van der Waals surface area contributed by atoms with Crippen LogP contribution in [0.25, 0.3) is 10.8 Å². The van der Waals surface area contributed by atoms with Gasteiger partial charge in [-0.3, -0.25) is 4.72 Å². The monoisotopic (exact) mass is 432 g/mol. The summed E-state index contributed by atoms with van der Waals surface area (Å²) in [6.45, 7) is 0.454. The van der Waals surface area contributed by atoms with Gasteiger partial charge < -0.3 is 9.64 Å². The van der Waals surface area contributed by atoms with Crippen LogP contribution in [0.4, 0.5) is 11.4 Å². The Hall–Kier alpha value is -3.51. The molecule has 6 heteroatoms. The van der Waals surface area contributed by atoms with Crippen LogP contribution < -0.4 is 14.4 Å². The lowest BCUT2D eigenvalue weighted by Crippen LogP contribution is -2.14. The molecule has 0 bridgehead atoms. The predicted octanol–water partition coefficient (Wildman–Crippen LogP) is 5.29. The largest absolute Gasteiger partial charge is 0.489 e. The summed E-state index contributed by atoms with van der Waals surface area (Å²) >= 11 is 0. The Morgan fingerprint density at radius 3 is 2.16 bits per heavy atom. The van der Waals surface area contributed by atoms with Crippen molar-refractivity contribution in [3.05, 3.63) is 96.6 Å². The Morgan fingerprint density at radius 1 is 0.774 bits per heavy atom. The van der Waals surface area contributed by atoms with Gasteiger partial charge in [0.2, 0.25) is 0 Å². The first-order valence-electron chi connectivity index (χ1n) is 9.93. The second-order valence-electron chi connectivity index (χ2n) is 7.43. The average molecular weight is 433 g/mol. The number of benzene rings is 4. The van der Waals surface area contributed by atoms with Crippen molar-refractivity contribution in [1.29, 1.82) is 0 Å². The van der Waals surface area contributed by atoms with Gasteiger partial charge in [-0.1, -0.05) is 54.6 Å². The van der Waals surface area contributed by atoms with E-state index in [1.807, 2.05) is 73.6 Å². The van der Waals surface area contributed by atoms with Crippen LogP contribution in [0, 0.1) is 0 Å². The predicted molar refractivity (Wildman–Crippen MR) is 126 cm³/mol. The molecule has 0 unspecified atom stereocenters. The summed E-state index contributed by atoms with van der Waals surface area (Å²) < 4.78 is 34.7. The molecule has 0 aliphatic heterocycles. The first-order chi connectivity index (χ1) is 14.9. The van der Waals surface area contributed by atoms with Gasteiger partial charge in [-0.25, -0.2) is 8.42 Å². The summed E-state index contributed by atoms with van der Waals surface area (Å²) in [4.78, 5) is 2.22. The third-order valence-corrected chi connectivity index (χ3v) is 6.42. The van der Waals surface area contributed by atoms with E-state index in [1.54, 1.807) is 36.4 Å². The van der Waals surface area contributed by atoms with E-state index in [-0.39, 0.29) is 4.90 Å². The van der Waals surface area contributed by atoms with E-state index in [1.165, 1.54) is 0 Å². The molecule has 0 radical (unpaired) electrons. The summed E-state index contributed by atoms with van der Waals surface area (Å²) in [5, 5.41) is 1.57. The quantitative estimate of drug-likeness (QED) is 0.431. The Kier molecular flexibility index (Phi) is 5.82. The van der Waals surface area contributed by atoms with Crippen molar-refractivity contribution in [3.63, 3.8) is 0 Å². The maximum absolute atomic E-state index is 13.1. The number of anilines is 2. The third-order valence-electron chi connectivity index (χ3n) is 4.99. The smallest absolute Gasteiger partial charge is 0.262 e. The van der Waals surface area contributed by atoms with Crippen molar-refractivity contribution in [2.75, 3.05) is 23.7 Å². The van der Waals surface area contributed by atoms with E-state index in [0.29, 0.717) is 23.4 Å². The summed E-state index contributed by atoms with van der Waals surface area (Å²) in [6.07, 6.45) is 0. The highest BCUT2D eigenvalue weighted by molar-refractivity contribution is 7.93. The molecule has 0 aromatic heterocycles. The first-order valence-corrected chi connectivity index (χ1v) is 11.4. The number of fused-ring (bicyclic) bond motifs is 1. The number of hydrogen-bond acceptors (Lipinski definition) is 4. The van der Waals surface area contributed by atoms with Crippen molar-refractivity contribution in [2.24, 2.45) is 0 Å². The van der Waals surface area contributed by atoms with Gasteiger partial charge in [0.15, 0.2) is 0 Å². The molecule has 0 saturated heterocycles. The van der Waals surface area contributed by atoms with E-state index in [0.717, 1.165) is 16.6 Å². The van der Waals surface area contributed by atoms with Gasteiger partial charge in [-0.2, -0.15) is 0 Å². The second kappa shape index (κ2) is 8.70. The molecule has 0 heterocycles. The maximum atomic E-state index is 13.1. The second-order valence-corrected chi connectivity index (χ2v) is 9.08. The van der Waals surface area contributed by atoms with Gasteiger partial charge in [0.1, 0.15) is 12.4 Å². The van der Waals surface area contributed by atoms with Crippen LogP contribution in [0.15, 0.2) is 95.9 Å².